The predicted molar refractivity (Wildman–Crippen MR) is 85.6 cm³/mol. The summed E-state index contributed by atoms with van der Waals surface area (Å²) in [4.78, 5) is 15.3. The second kappa shape index (κ2) is 6.57. The average Bonchev–Trinajstić information content (AvgIpc) is 3.18. The summed E-state index contributed by atoms with van der Waals surface area (Å²) >= 11 is 1.55. The molecule has 23 heavy (non-hydrogen) atoms. The van der Waals surface area contributed by atoms with E-state index in [9.17, 15) is 9.18 Å². The number of hydrogen-bond donors (Lipinski definition) is 2. The van der Waals surface area contributed by atoms with Crippen LogP contribution in [-0.4, -0.2) is 16.0 Å². The average molecular weight is 332 g/mol. The molecule has 0 aliphatic rings. The number of carbonyl (C=O) groups excluding carboxylic acids is 1. The van der Waals surface area contributed by atoms with Crippen molar-refractivity contribution >= 4 is 28.6 Å². The molecule has 0 bridgehead atoms. The molecular weight excluding hydrogens is 319 g/mol. The van der Waals surface area contributed by atoms with E-state index in [4.69, 9.17) is 4.52 Å². The molecule has 1 amide bonds. The van der Waals surface area contributed by atoms with Crippen molar-refractivity contribution < 1.29 is 13.7 Å². The zero-order valence-electron chi connectivity index (χ0n) is 12.2. The molecule has 0 saturated carbocycles. The zero-order chi connectivity index (χ0) is 16.2. The molecule has 1 aromatic carbocycles. The SMILES string of the molecule is CC(=O)Nc1cc(NCc2nc(-c3ccsc3)no2)ccc1F. The Morgan fingerprint density at radius 2 is 2.26 bits per heavy atom. The number of carbonyl (C=O) groups is 1. The Morgan fingerprint density at radius 1 is 1.39 bits per heavy atom. The third-order valence-corrected chi connectivity index (χ3v) is 3.65. The van der Waals surface area contributed by atoms with Gasteiger partial charge in [-0.2, -0.15) is 16.3 Å². The molecule has 0 aliphatic carbocycles. The molecule has 118 valence electrons. The Balaban J connectivity index is 1.67. The smallest absolute Gasteiger partial charge is 0.246 e. The molecule has 6 nitrogen and oxygen atoms in total. The maximum atomic E-state index is 13.6. The van der Waals surface area contributed by atoms with Crippen molar-refractivity contribution in [1.82, 2.24) is 10.1 Å². The number of aromatic nitrogens is 2. The van der Waals surface area contributed by atoms with E-state index in [0.29, 0.717) is 23.9 Å². The van der Waals surface area contributed by atoms with Gasteiger partial charge in [-0.25, -0.2) is 4.39 Å². The van der Waals surface area contributed by atoms with E-state index in [-0.39, 0.29) is 11.6 Å². The lowest BCUT2D eigenvalue weighted by Crippen LogP contribution is -2.08. The number of benzene rings is 1. The first-order valence-corrected chi connectivity index (χ1v) is 7.72. The molecule has 0 spiro atoms. The molecule has 0 aliphatic heterocycles. The van der Waals surface area contributed by atoms with Crippen molar-refractivity contribution in [2.24, 2.45) is 0 Å². The summed E-state index contributed by atoms with van der Waals surface area (Å²) in [5.41, 5.74) is 1.65. The number of nitrogens with zero attached hydrogens (tertiary/aromatic N) is 2. The summed E-state index contributed by atoms with van der Waals surface area (Å²) < 4.78 is 18.7. The van der Waals surface area contributed by atoms with Gasteiger partial charge in [-0.05, 0) is 29.6 Å². The normalized spacial score (nSPS) is 10.5. The number of halogens is 1. The van der Waals surface area contributed by atoms with Crippen LogP contribution in [0.5, 0.6) is 0 Å². The Kier molecular flexibility index (Phi) is 4.33. The molecule has 3 rings (SSSR count). The number of hydrogen-bond acceptors (Lipinski definition) is 6. The van der Waals surface area contributed by atoms with Gasteiger partial charge < -0.3 is 15.2 Å². The lowest BCUT2D eigenvalue weighted by molar-refractivity contribution is -0.114. The van der Waals surface area contributed by atoms with Crippen LogP contribution in [0.25, 0.3) is 11.4 Å². The second-order valence-electron chi connectivity index (χ2n) is 4.75. The number of amides is 1. The second-order valence-corrected chi connectivity index (χ2v) is 5.53. The molecule has 0 fully saturated rings. The van der Waals surface area contributed by atoms with Crippen LogP contribution in [0.2, 0.25) is 0 Å². The minimum atomic E-state index is -0.497. The molecule has 2 heterocycles. The molecule has 0 saturated heterocycles. The van der Waals surface area contributed by atoms with Gasteiger partial charge in [0.25, 0.3) is 0 Å². The van der Waals surface area contributed by atoms with Crippen LogP contribution < -0.4 is 10.6 Å². The van der Waals surface area contributed by atoms with E-state index < -0.39 is 5.82 Å². The van der Waals surface area contributed by atoms with E-state index in [1.54, 1.807) is 17.4 Å². The first-order valence-electron chi connectivity index (χ1n) is 6.78. The maximum absolute atomic E-state index is 13.6. The van der Waals surface area contributed by atoms with Gasteiger partial charge in [-0.3, -0.25) is 4.79 Å². The highest BCUT2D eigenvalue weighted by atomic mass is 32.1. The van der Waals surface area contributed by atoms with Crippen molar-refractivity contribution in [3.63, 3.8) is 0 Å². The maximum Gasteiger partial charge on any atom is 0.246 e. The topological polar surface area (TPSA) is 80.0 Å². The van der Waals surface area contributed by atoms with Crippen LogP contribution in [0.1, 0.15) is 12.8 Å². The van der Waals surface area contributed by atoms with Crippen LogP contribution >= 0.6 is 11.3 Å². The lowest BCUT2D eigenvalue weighted by Gasteiger charge is -2.08. The summed E-state index contributed by atoms with van der Waals surface area (Å²) in [6, 6.07) is 6.26. The minimum absolute atomic E-state index is 0.118. The number of nitrogens with one attached hydrogen (secondary N) is 2. The van der Waals surface area contributed by atoms with E-state index in [1.165, 1.54) is 19.1 Å². The number of anilines is 2. The van der Waals surface area contributed by atoms with Crippen LogP contribution in [0, 0.1) is 5.82 Å². The van der Waals surface area contributed by atoms with Crippen molar-refractivity contribution in [3.8, 4) is 11.4 Å². The summed E-state index contributed by atoms with van der Waals surface area (Å²) in [5.74, 6) is 0.110. The molecule has 0 atom stereocenters. The van der Waals surface area contributed by atoms with Crippen molar-refractivity contribution in [3.05, 3.63) is 46.7 Å². The standard InChI is InChI=1S/C15H13FN4O2S/c1-9(21)18-13-6-11(2-3-12(13)16)17-7-14-19-15(20-22-14)10-4-5-23-8-10/h2-6,8,17H,7H2,1H3,(H,18,21). The minimum Gasteiger partial charge on any atom is -0.376 e. The summed E-state index contributed by atoms with van der Waals surface area (Å²) in [7, 11) is 0. The third-order valence-electron chi connectivity index (χ3n) is 2.97. The Bertz CT molecular complexity index is 817. The summed E-state index contributed by atoms with van der Waals surface area (Å²) in [6.45, 7) is 1.62. The van der Waals surface area contributed by atoms with Gasteiger partial charge in [0.15, 0.2) is 0 Å². The van der Waals surface area contributed by atoms with Gasteiger partial charge in [0.05, 0.1) is 12.2 Å². The number of thiophene rings is 1. The van der Waals surface area contributed by atoms with E-state index in [2.05, 4.69) is 20.8 Å². The Labute approximate surface area is 135 Å². The Hall–Kier alpha value is -2.74. The molecule has 8 heteroatoms. The van der Waals surface area contributed by atoms with Gasteiger partial charge in [0.1, 0.15) is 5.82 Å². The monoisotopic (exact) mass is 332 g/mol. The van der Waals surface area contributed by atoms with Gasteiger partial charge in [-0.15, -0.1) is 0 Å². The van der Waals surface area contributed by atoms with E-state index in [1.807, 2.05) is 16.8 Å². The van der Waals surface area contributed by atoms with Crippen molar-refractivity contribution in [2.45, 2.75) is 13.5 Å². The van der Waals surface area contributed by atoms with Crippen LogP contribution in [0.4, 0.5) is 15.8 Å². The van der Waals surface area contributed by atoms with Gasteiger partial charge >= 0.3 is 0 Å². The van der Waals surface area contributed by atoms with Gasteiger partial charge in [0, 0.05) is 23.6 Å². The molecule has 2 N–H and O–H groups in total. The third kappa shape index (κ3) is 3.72. The zero-order valence-corrected chi connectivity index (χ0v) is 13.0. The summed E-state index contributed by atoms with van der Waals surface area (Å²) in [6.07, 6.45) is 0. The molecule has 3 aromatic rings. The highest BCUT2D eigenvalue weighted by molar-refractivity contribution is 7.08. The van der Waals surface area contributed by atoms with Gasteiger partial charge in [0.2, 0.25) is 17.6 Å². The van der Waals surface area contributed by atoms with E-state index >= 15 is 0 Å². The molecule has 0 radical (unpaired) electrons. The van der Waals surface area contributed by atoms with Crippen molar-refractivity contribution in [1.29, 1.82) is 0 Å². The quantitative estimate of drug-likeness (QED) is 0.747. The first kappa shape index (κ1) is 15.2. The van der Waals surface area contributed by atoms with E-state index in [0.717, 1.165) is 5.56 Å². The largest absolute Gasteiger partial charge is 0.376 e. The summed E-state index contributed by atoms with van der Waals surface area (Å²) in [5, 5.41) is 13.3. The van der Waals surface area contributed by atoms with Crippen LogP contribution in [0.3, 0.4) is 0 Å². The number of rotatable bonds is 5. The molecule has 2 aromatic heterocycles. The molecular formula is C15H13FN4O2S. The van der Waals surface area contributed by atoms with Gasteiger partial charge in [-0.1, -0.05) is 5.16 Å². The molecule has 0 unspecified atom stereocenters. The Morgan fingerprint density at radius 3 is 3.00 bits per heavy atom. The highest BCUT2D eigenvalue weighted by Gasteiger charge is 2.10. The fourth-order valence-electron chi connectivity index (χ4n) is 1.93. The highest BCUT2D eigenvalue weighted by Crippen LogP contribution is 2.21. The lowest BCUT2D eigenvalue weighted by atomic mass is 10.2. The fourth-order valence-corrected chi connectivity index (χ4v) is 2.57. The van der Waals surface area contributed by atoms with Crippen molar-refractivity contribution in [2.75, 3.05) is 10.6 Å². The van der Waals surface area contributed by atoms with Crippen LogP contribution in [0.15, 0.2) is 39.5 Å². The predicted octanol–water partition coefficient (Wildman–Crippen LogP) is 3.51. The van der Waals surface area contributed by atoms with Crippen LogP contribution in [-0.2, 0) is 11.3 Å². The first-order chi connectivity index (χ1) is 11.1. The fraction of sp³-hybridized carbons (Fsp3) is 0.133.